The monoisotopic (exact) mass is 339 g/mol. The van der Waals surface area contributed by atoms with E-state index in [2.05, 4.69) is 39.8 Å². The van der Waals surface area contributed by atoms with Crippen molar-refractivity contribution < 1.29 is 14.6 Å². The van der Waals surface area contributed by atoms with Crippen LogP contribution in [0.2, 0.25) is 0 Å². The van der Waals surface area contributed by atoms with Gasteiger partial charge in [0.25, 0.3) is 6.26 Å². The SMILES string of the molecule is COc1cc(Cc2cc(C(C)C)c(O)c(C(C)C)c2)cc(OC#N)c1. The summed E-state index contributed by atoms with van der Waals surface area (Å²) >= 11 is 0. The van der Waals surface area contributed by atoms with E-state index in [1.807, 2.05) is 12.1 Å². The lowest BCUT2D eigenvalue weighted by Gasteiger charge is -2.18. The maximum atomic E-state index is 10.5. The Morgan fingerprint density at radius 2 is 1.44 bits per heavy atom. The van der Waals surface area contributed by atoms with Crippen molar-refractivity contribution in [2.24, 2.45) is 0 Å². The first kappa shape index (κ1) is 18.7. The number of hydrogen-bond donors (Lipinski definition) is 1. The second kappa shape index (κ2) is 7.94. The molecule has 25 heavy (non-hydrogen) atoms. The number of nitrogens with zero attached hydrogens (tertiary/aromatic N) is 1. The van der Waals surface area contributed by atoms with Crippen LogP contribution in [0, 0.1) is 11.5 Å². The molecule has 0 saturated heterocycles. The summed E-state index contributed by atoms with van der Waals surface area (Å²) in [6, 6.07) is 9.55. The number of phenols is 1. The van der Waals surface area contributed by atoms with Gasteiger partial charge in [-0.3, -0.25) is 0 Å². The van der Waals surface area contributed by atoms with Gasteiger partial charge in [-0.25, -0.2) is 0 Å². The Labute approximate surface area is 149 Å². The number of nitriles is 1. The first-order valence-electron chi connectivity index (χ1n) is 8.45. The number of phenolic OH excluding ortho intramolecular Hbond substituents is 1. The summed E-state index contributed by atoms with van der Waals surface area (Å²) in [7, 11) is 1.59. The highest BCUT2D eigenvalue weighted by molar-refractivity contribution is 5.49. The molecular formula is C21H25NO3. The topological polar surface area (TPSA) is 62.5 Å². The zero-order valence-electron chi connectivity index (χ0n) is 15.5. The maximum Gasteiger partial charge on any atom is 0.292 e. The highest BCUT2D eigenvalue weighted by Crippen LogP contribution is 2.35. The minimum Gasteiger partial charge on any atom is -0.507 e. The number of ether oxygens (including phenoxy) is 2. The number of methoxy groups -OCH3 is 1. The highest BCUT2D eigenvalue weighted by Gasteiger charge is 2.15. The normalized spacial score (nSPS) is 10.8. The fourth-order valence-corrected chi connectivity index (χ4v) is 2.92. The lowest BCUT2D eigenvalue weighted by atomic mass is 9.90. The standard InChI is InChI=1S/C21H25NO3/c1-13(2)19-9-16(10-20(14(3)4)21(19)23)6-15-7-17(24-5)11-18(8-15)25-12-22/h7-11,13-14,23H,6H2,1-5H3. The largest absolute Gasteiger partial charge is 0.507 e. The maximum absolute atomic E-state index is 10.5. The minimum absolute atomic E-state index is 0.236. The molecule has 0 aliphatic carbocycles. The van der Waals surface area contributed by atoms with E-state index < -0.39 is 0 Å². The lowest BCUT2D eigenvalue weighted by molar-refractivity contribution is 0.410. The van der Waals surface area contributed by atoms with Gasteiger partial charge in [-0.1, -0.05) is 39.8 Å². The molecule has 132 valence electrons. The zero-order valence-corrected chi connectivity index (χ0v) is 15.5. The van der Waals surface area contributed by atoms with E-state index in [-0.39, 0.29) is 11.8 Å². The minimum atomic E-state index is 0.236. The van der Waals surface area contributed by atoms with Gasteiger partial charge in [-0.05, 0) is 52.6 Å². The van der Waals surface area contributed by atoms with Crippen molar-refractivity contribution in [2.45, 2.75) is 46.0 Å². The van der Waals surface area contributed by atoms with Crippen LogP contribution >= 0.6 is 0 Å². The van der Waals surface area contributed by atoms with Gasteiger partial charge in [-0.2, -0.15) is 0 Å². The predicted octanol–water partition coefficient (Wildman–Crippen LogP) is 5.10. The summed E-state index contributed by atoms with van der Waals surface area (Å²) < 4.78 is 10.2. The van der Waals surface area contributed by atoms with Crippen LogP contribution in [0.4, 0.5) is 0 Å². The predicted molar refractivity (Wildman–Crippen MR) is 98.3 cm³/mol. The summed E-state index contributed by atoms with van der Waals surface area (Å²) in [5, 5.41) is 19.3. The van der Waals surface area contributed by atoms with Gasteiger partial charge in [-0.15, -0.1) is 5.26 Å². The van der Waals surface area contributed by atoms with Gasteiger partial charge in [0.2, 0.25) is 0 Å². The van der Waals surface area contributed by atoms with Gasteiger partial charge in [0, 0.05) is 6.07 Å². The molecule has 0 radical (unpaired) electrons. The molecule has 0 amide bonds. The van der Waals surface area contributed by atoms with Gasteiger partial charge in [0.15, 0.2) is 0 Å². The van der Waals surface area contributed by atoms with E-state index in [9.17, 15) is 5.11 Å². The van der Waals surface area contributed by atoms with Crippen LogP contribution in [0.25, 0.3) is 0 Å². The third-order valence-electron chi connectivity index (χ3n) is 4.22. The van der Waals surface area contributed by atoms with Crippen molar-refractivity contribution in [1.29, 1.82) is 5.26 Å². The molecule has 0 spiro atoms. The highest BCUT2D eigenvalue weighted by atomic mass is 16.5. The molecule has 2 aromatic rings. The van der Waals surface area contributed by atoms with Crippen molar-refractivity contribution in [3.63, 3.8) is 0 Å². The number of hydrogen-bond acceptors (Lipinski definition) is 4. The molecule has 0 saturated carbocycles. The molecule has 4 nitrogen and oxygen atoms in total. The molecule has 1 N–H and O–H groups in total. The van der Waals surface area contributed by atoms with E-state index >= 15 is 0 Å². The number of rotatable bonds is 6. The van der Waals surface area contributed by atoms with E-state index in [0.717, 1.165) is 22.3 Å². The fraction of sp³-hybridized carbons (Fsp3) is 0.381. The van der Waals surface area contributed by atoms with Gasteiger partial charge in [0.1, 0.15) is 17.2 Å². The quantitative estimate of drug-likeness (QED) is 0.744. The van der Waals surface area contributed by atoms with Gasteiger partial charge in [0.05, 0.1) is 7.11 Å². The molecule has 0 unspecified atom stereocenters. The van der Waals surface area contributed by atoms with Gasteiger partial charge < -0.3 is 14.6 Å². The molecule has 0 heterocycles. The van der Waals surface area contributed by atoms with Crippen LogP contribution in [0.1, 0.15) is 61.8 Å². The Morgan fingerprint density at radius 3 is 1.92 bits per heavy atom. The molecule has 4 heteroatoms. The van der Waals surface area contributed by atoms with E-state index in [4.69, 9.17) is 14.7 Å². The first-order chi connectivity index (χ1) is 11.8. The molecule has 0 fully saturated rings. The van der Waals surface area contributed by atoms with E-state index in [1.165, 1.54) is 0 Å². The number of aromatic hydroxyl groups is 1. The van der Waals surface area contributed by atoms with Crippen molar-refractivity contribution in [1.82, 2.24) is 0 Å². The van der Waals surface area contributed by atoms with Crippen LogP contribution in [0.5, 0.6) is 17.2 Å². The van der Waals surface area contributed by atoms with Crippen LogP contribution < -0.4 is 9.47 Å². The van der Waals surface area contributed by atoms with Crippen molar-refractivity contribution in [3.05, 3.63) is 52.6 Å². The smallest absolute Gasteiger partial charge is 0.292 e. The first-order valence-corrected chi connectivity index (χ1v) is 8.45. The molecule has 2 aromatic carbocycles. The molecule has 0 atom stereocenters. The second-order valence-corrected chi connectivity index (χ2v) is 6.82. The molecule has 0 aromatic heterocycles. The molecule has 0 aliphatic rings. The van der Waals surface area contributed by atoms with Crippen molar-refractivity contribution in [3.8, 4) is 23.5 Å². The Hall–Kier alpha value is -2.67. The summed E-state index contributed by atoms with van der Waals surface area (Å²) in [6.45, 7) is 8.31. The second-order valence-electron chi connectivity index (χ2n) is 6.82. The lowest BCUT2D eigenvalue weighted by Crippen LogP contribution is -2.00. The average molecular weight is 339 g/mol. The Kier molecular flexibility index (Phi) is 5.93. The summed E-state index contributed by atoms with van der Waals surface area (Å²) in [6.07, 6.45) is 2.36. The Balaban J connectivity index is 2.46. The van der Waals surface area contributed by atoms with E-state index in [0.29, 0.717) is 23.7 Å². The fourth-order valence-electron chi connectivity index (χ4n) is 2.92. The average Bonchev–Trinajstić information content (AvgIpc) is 2.55. The van der Waals surface area contributed by atoms with E-state index in [1.54, 1.807) is 19.4 Å². The van der Waals surface area contributed by atoms with Crippen LogP contribution in [-0.2, 0) is 6.42 Å². The third-order valence-corrected chi connectivity index (χ3v) is 4.22. The summed E-state index contributed by atoms with van der Waals surface area (Å²) in [5.74, 6) is 1.98. The number of benzene rings is 2. The third kappa shape index (κ3) is 4.45. The summed E-state index contributed by atoms with van der Waals surface area (Å²) in [4.78, 5) is 0. The molecular weight excluding hydrogens is 314 g/mol. The Morgan fingerprint density at radius 1 is 0.920 bits per heavy atom. The van der Waals surface area contributed by atoms with Crippen molar-refractivity contribution in [2.75, 3.05) is 7.11 Å². The molecule has 0 aliphatic heterocycles. The zero-order chi connectivity index (χ0) is 18.6. The molecule has 2 rings (SSSR count). The van der Waals surface area contributed by atoms with Crippen LogP contribution in [0.3, 0.4) is 0 Å². The Bertz CT molecular complexity index is 759. The van der Waals surface area contributed by atoms with Crippen LogP contribution in [0.15, 0.2) is 30.3 Å². The molecule has 0 bridgehead atoms. The van der Waals surface area contributed by atoms with Crippen molar-refractivity contribution >= 4 is 0 Å². The van der Waals surface area contributed by atoms with Gasteiger partial charge >= 0.3 is 0 Å². The van der Waals surface area contributed by atoms with Crippen LogP contribution in [-0.4, -0.2) is 12.2 Å². The summed E-state index contributed by atoms with van der Waals surface area (Å²) in [5.41, 5.74) is 4.01.